The predicted molar refractivity (Wildman–Crippen MR) is 116 cm³/mol. The topological polar surface area (TPSA) is 95.8 Å². The van der Waals surface area contributed by atoms with Crippen molar-refractivity contribution in [3.8, 4) is 0 Å². The molecule has 0 aliphatic rings. The van der Waals surface area contributed by atoms with Crippen molar-refractivity contribution in [2.45, 2.75) is 25.7 Å². The number of para-hydroxylation sites is 1. The van der Waals surface area contributed by atoms with Crippen molar-refractivity contribution in [1.29, 1.82) is 0 Å². The highest BCUT2D eigenvalue weighted by atomic mass is 32.2. The molecule has 29 heavy (non-hydrogen) atoms. The summed E-state index contributed by atoms with van der Waals surface area (Å²) in [7, 11) is -3.93. The van der Waals surface area contributed by atoms with Crippen molar-refractivity contribution in [1.82, 2.24) is 4.90 Å². The summed E-state index contributed by atoms with van der Waals surface area (Å²) >= 11 is 0. The molecule has 2 aromatic carbocycles. The lowest BCUT2D eigenvalue weighted by Crippen LogP contribution is -2.31. The lowest BCUT2D eigenvalue weighted by molar-refractivity contribution is -0.384. The Bertz CT molecular complexity index is 915. The van der Waals surface area contributed by atoms with E-state index in [1.165, 1.54) is 16.4 Å². The third-order valence-corrected chi connectivity index (χ3v) is 6.62. The molecule has 0 aliphatic heterocycles. The summed E-state index contributed by atoms with van der Waals surface area (Å²) in [5, 5.41) is 14.6. The van der Waals surface area contributed by atoms with E-state index < -0.39 is 14.9 Å². The van der Waals surface area contributed by atoms with Gasteiger partial charge in [0.15, 0.2) is 0 Å². The van der Waals surface area contributed by atoms with Gasteiger partial charge in [-0.15, -0.1) is 0 Å². The predicted octanol–water partition coefficient (Wildman–Crippen LogP) is 3.56. The number of nitrogens with zero attached hydrogens (tertiary/aromatic N) is 3. The second kappa shape index (κ2) is 10.2. The number of nitrogens with one attached hydrogen (secondary N) is 1. The zero-order valence-corrected chi connectivity index (χ0v) is 17.9. The maximum absolute atomic E-state index is 13.1. The Hall–Kier alpha value is -2.65. The van der Waals surface area contributed by atoms with Crippen LogP contribution in [0.25, 0.3) is 0 Å². The maximum atomic E-state index is 13.1. The Morgan fingerprint density at radius 2 is 1.66 bits per heavy atom. The normalized spacial score (nSPS) is 11.4. The third-order valence-electron chi connectivity index (χ3n) is 4.72. The van der Waals surface area contributed by atoms with Crippen molar-refractivity contribution in [3.05, 3.63) is 58.6 Å². The Kier molecular flexibility index (Phi) is 7.98. The molecule has 8 nitrogen and oxygen atoms in total. The average molecular weight is 421 g/mol. The maximum Gasteiger partial charge on any atom is 0.293 e. The second-order valence-electron chi connectivity index (χ2n) is 6.40. The quantitative estimate of drug-likeness (QED) is 0.441. The minimum Gasteiger partial charge on any atom is -0.378 e. The highest BCUT2D eigenvalue weighted by Gasteiger charge is 2.27. The average Bonchev–Trinajstić information content (AvgIpc) is 2.72. The molecule has 0 bridgehead atoms. The molecular weight excluding hydrogens is 392 g/mol. The molecular formula is C20H28N4O4S. The van der Waals surface area contributed by atoms with Crippen LogP contribution in [0.15, 0.2) is 53.4 Å². The fraction of sp³-hybridized carbons (Fsp3) is 0.400. The van der Waals surface area contributed by atoms with Crippen molar-refractivity contribution >= 4 is 27.1 Å². The molecule has 2 rings (SSSR count). The van der Waals surface area contributed by atoms with Crippen LogP contribution in [0.3, 0.4) is 0 Å². The van der Waals surface area contributed by atoms with Gasteiger partial charge in [-0.25, -0.2) is 8.42 Å². The van der Waals surface area contributed by atoms with Crippen LogP contribution in [0.1, 0.15) is 20.8 Å². The van der Waals surface area contributed by atoms with Gasteiger partial charge in [-0.3, -0.25) is 14.4 Å². The zero-order valence-electron chi connectivity index (χ0n) is 17.0. The summed E-state index contributed by atoms with van der Waals surface area (Å²) < 4.78 is 27.5. The molecule has 158 valence electrons. The van der Waals surface area contributed by atoms with Crippen LogP contribution in [0.2, 0.25) is 0 Å². The largest absolute Gasteiger partial charge is 0.378 e. The number of hydrogen-bond acceptors (Lipinski definition) is 6. The van der Waals surface area contributed by atoms with E-state index in [-0.39, 0.29) is 17.1 Å². The molecule has 0 radical (unpaired) electrons. The number of sulfonamides is 1. The van der Waals surface area contributed by atoms with Gasteiger partial charge in [-0.1, -0.05) is 32.0 Å². The lowest BCUT2D eigenvalue weighted by atomic mass is 10.2. The van der Waals surface area contributed by atoms with Gasteiger partial charge in [-0.05, 0) is 44.3 Å². The van der Waals surface area contributed by atoms with Gasteiger partial charge < -0.3 is 10.2 Å². The Balaban J connectivity index is 2.32. The first-order valence-corrected chi connectivity index (χ1v) is 11.1. The number of nitro groups is 1. The van der Waals surface area contributed by atoms with Gasteiger partial charge in [0.05, 0.1) is 15.5 Å². The van der Waals surface area contributed by atoms with Crippen LogP contribution in [0.4, 0.5) is 17.1 Å². The SMILES string of the molecule is CCN(CC)CCNc1ccc(S(=O)(=O)N(CC)c2ccccc2)cc1[N+](=O)[O-]. The standard InChI is InChI=1S/C20H28N4O4S/c1-4-22(5-2)15-14-21-19-13-12-18(16-20(19)24(25)26)29(27,28)23(6-3)17-10-8-7-9-11-17/h7-13,16,21H,4-6,14-15H2,1-3H3. The number of benzene rings is 2. The molecule has 0 saturated carbocycles. The summed E-state index contributed by atoms with van der Waals surface area (Å²) in [5.74, 6) is 0. The summed E-state index contributed by atoms with van der Waals surface area (Å²) in [4.78, 5) is 13.1. The van der Waals surface area contributed by atoms with Crippen molar-refractivity contribution < 1.29 is 13.3 Å². The first kappa shape index (κ1) is 22.6. The minimum absolute atomic E-state index is 0.107. The van der Waals surface area contributed by atoms with E-state index in [4.69, 9.17) is 0 Å². The molecule has 0 atom stereocenters. The van der Waals surface area contributed by atoms with Crippen LogP contribution >= 0.6 is 0 Å². The third kappa shape index (κ3) is 5.45. The number of rotatable bonds is 11. The molecule has 0 aromatic heterocycles. The first-order valence-electron chi connectivity index (χ1n) is 9.67. The van der Waals surface area contributed by atoms with E-state index in [0.717, 1.165) is 25.7 Å². The summed E-state index contributed by atoms with van der Waals surface area (Å²) in [5.41, 5.74) is 0.567. The minimum atomic E-state index is -3.93. The van der Waals surface area contributed by atoms with E-state index in [0.29, 0.717) is 17.9 Å². The molecule has 1 N–H and O–H groups in total. The van der Waals surface area contributed by atoms with E-state index in [1.807, 2.05) is 0 Å². The number of anilines is 2. The first-order chi connectivity index (χ1) is 13.8. The molecule has 0 unspecified atom stereocenters. The van der Waals surface area contributed by atoms with Crippen LogP contribution in [-0.4, -0.2) is 51.0 Å². The van der Waals surface area contributed by atoms with Crippen LogP contribution in [0, 0.1) is 10.1 Å². The molecule has 0 amide bonds. The van der Waals surface area contributed by atoms with Gasteiger partial charge >= 0.3 is 0 Å². The Morgan fingerprint density at radius 1 is 1.00 bits per heavy atom. The number of likely N-dealkylation sites (N-methyl/N-ethyl adjacent to an activating group) is 1. The monoisotopic (exact) mass is 420 g/mol. The smallest absolute Gasteiger partial charge is 0.293 e. The van der Waals surface area contributed by atoms with Crippen LogP contribution in [-0.2, 0) is 10.0 Å². The molecule has 0 aliphatic carbocycles. The zero-order chi connectivity index (χ0) is 21.4. The second-order valence-corrected chi connectivity index (χ2v) is 8.26. The summed E-state index contributed by atoms with van der Waals surface area (Å²) in [6.07, 6.45) is 0. The Morgan fingerprint density at radius 3 is 2.21 bits per heavy atom. The van der Waals surface area contributed by atoms with Gasteiger partial charge in [0.2, 0.25) is 0 Å². The number of nitro benzene ring substituents is 1. The molecule has 9 heteroatoms. The molecule has 0 fully saturated rings. The summed E-state index contributed by atoms with van der Waals surface area (Å²) in [6, 6.07) is 12.7. The number of hydrogen-bond donors (Lipinski definition) is 1. The van der Waals surface area contributed by atoms with Crippen molar-refractivity contribution in [2.24, 2.45) is 0 Å². The van der Waals surface area contributed by atoms with Crippen LogP contribution in [0.5, 0.6) is 0 Å². The summed E-state index contributed by atoms with van der Waals surface area (Å²) in [6.45, 7) is 9.09. The van der Waals surface area contributed by atoms with E-state index in [1.54, 1.807) is 37.3 Å². The fourth-order valence-electron chi connectivity index (χ4n) is 3.07. The molecule has 0 heterocycles. The van der Waals surface area contributed by atoms with Gasteiger partial charge in [0.1, 0.15) is 5.69 Å². The molecule has 0 spiro atoms. The fourth-order valence-corrected chi connectivity index (χ4v) is 4.57. The van der Waals surface area contributed by atoms with Crippen molar-refractivity contribution in [3.63, 3.8) is 0 Å². The lowest BCUT2D eigenvalue weighted by Gasteiger charge is -2.23. The van der Waals surface area contributed by atoms with E-state index in [9.17, 15) is 18.5 Å². The molecule has 0 saturated heterocycles. The molecule has 2 aromatic rings. The highest BCUT2D eigenvalue weighted by Crippen LogP contribution is 2.30. The Labute approximate surface area is 172 Å². The van der Waals surface area contributed by atoms with E-state index in [2.05, 4.69) is 24.1 Å². The van der Waals surface area contributed by atoms with Crippen molar-refractivity contribution in [2.75, 3.05) is 42.3 Å². The van der Waals surface area contributed by atoms with Crippen LogP contribution < -0.4 is 9.62 Å². The van der Waals surface area contributed by atoms with E-state index >= 15 is 0 Å². The van der Waals surface area contributed by atoms with Gasteiger partial charge in [-0.2, -0.15) is 0 Å². The van der Waals surface area contributed by atoms with Gasteiger partial charge in [0, 0.05) is 25.7 Å². The highest BCUT2D eigenvalue weighted by molar-refractivity contribution is 7.92. The van der Waals surface area contributed by atoms with Gasteiger partial charge in [0.25, 0.3) is 15.7 Å².